The third kappa shape index (κ3) is 2.30. The summed E-state index contributed by atoms with van der Waals surface area (Å²) in [5.41, 5.74) is -0.324. The largest absolute Gasteiger partial charge is 0.465 e. The van der Waals surface area contributed by atoms with Crippen molar-refractivity contribution in [3.63, 3.8) is 0 Å². The molecule has 1 spiro atoms. The van der Waals surface area contributed by atoms with Crippen LogP contribution in [0.2, 0.25) is 0 Å². The molecule has 1 saturated heterocycles. The van der Waals surface area contributed by atoms with Gasteiger partial charge in [0.1, 0.15) is 11.0 Å². The first-order valence-corrected chi connectivity index (χ1v) is 7.59. The first-order valence-electron chi connectivity index (χ1n) is 7.59. The molecule has 0 aromatic rings. The Morgan fingerprint density at radius 2 is 2.19 bits per heavy atom. The maximum atomic E-state index is 12.2. The van der Waals surface area contributed by atoms with Crippen molar-refractivity contribution in [1.82, 2.24) is 5.01 Å². The van der Waals surface area contributed by atoms with Crippen LogP contribution in [-0.4, -0.2) is 41.5 Å². The summed E-state index contributed by atoms with van der Waals surface area (Å²) in [6, 6.07) is 0. The van der Waals surface area contributed by atoms with Gasteiger partial charge in [0, 0.05) is 5.92 Å². The molecule has 0 aromatic carbocycles. The molecule has 1 saturated carbocycles. The topological polar surface area (TPSA) is 68.2 Å². The fourth-order valence-corrected chi connectivity index (χ4v) is 3.51. The van der Waals surface area contributed by atoms with Crippen LogP contribution in [-0.2, 0) is 14.3 Å². The van der Waals surface area contributed by atoms with E-state index >= 15 is 0 Å². The number of hydrogen-bond donors (Lipinski definition) is 0. The lowest BCUT2D eigenvalue weighted by molar-refractivity contribution is -0.144. The Kier molecular flexibility index (Phi) is 3.22. The third-order valence-electron chi connectivity index (χ3n) is 4.47. The normalized spacial score (nSPS) is 32.0. The summed E-state index contributed by atoms with van der Waals surface area (Å²) in [5.74, 6) is -0.153. The molecular formula is C15H22N2O4. The van der Waals surface area contributed by atoms with E-state index in [4.69, 9.17) is 9.47 Å². The maximum Gasteiger partial charge on any atom is 0.430 e. The highest BCUT2D eigenvalue weighted by atomic mass is 16.6. The van der Waals surface area contributed by atoms with E-state index in [2.05, 4.69) is 5.10 Å². The van der Waals surface area contributed by atoms with Crippen LogP contribution in [0.3, 0.4) is 0 Å². The molecule has 2 atom stereocenters. The molecule has 2 unspecified atom stereocenters. The number of esters is 1. The van der Waals surface area contributed by atoms with Gasteiger partial charge in [0.25, 0.3) is 0 Å². The van der Waals surface area contributed by atoms with Gasteiger partial charge < -0.3 is 9.47 Å². The van der Waals surface area contributed by atoms with E-state index in [1.807, 2.05) is 20.8 Å². The SMILES string of the molecule is CC(C)(C)OC(=O)N1CC2COC(=O)C23CCCCC3=N1. The number of ether oxygens (including phenoxy) is 2. The molecule has 3 rings (SSSR count). The molecule has 2 aliphatic heterocycles. The van der Waals surface area contributed by atoms with Gasteiger partial charge in [-0.05, 0) is 40.0 Å². The summed E-state index contributed by atoms with van der Waals surface area (Å²) >= 11 is 0. The van der Waals surface area contributed by atoms with Gasteiger partial charge in [-0.15, -0.1) is 0 Å². The number of nitrogens with zero attached hydrogens (tertiary/aromatic N) is 2. The third-order valence-corrected chi connectivity index (χ3v) is 4.47. The second kappa shape index (κ2) is 4.71. The molecule has 0 N–H and O–H groups in total. The van der Waals surface area contributed by atoms with Crippen LogP contribution in [0.25, 0.3) is 0 Å². The number of cyclic esters (lactones) is 1. The highest BCUT2D eigenvalue weighted by Gasteiger charge is 2.59. The van der Waals surface area contributed by atoms with E-state index in [-0.39, 0.29) is 11.9 Å². The molecule has 21 heavy (non-hydrogen) atoms. The monoisotopic (exact) mass is 294 g/mol. The molecular weight excluding hydrogens is 272 g/mol. The average molecular weight is 294 g/mol. The quantitative estimate of drug-likeness (QED) is 0.643. The van der Waals surface area contributed by atoms with Crippen LogP contribution < -0.4 is 0 Å². The van der Waals surface area contributed by atoms with Gasteiger partial charge in [0.05, 0.1) is 18.9 Å². The molecule has 0 radical (unpaired) electrons. The summed E-state index contributed by atoms with van der Waals surface area (Å²) in [4.78, 5) is 24.5. The molecule has 6 heteroatoms. The predicted octanol–water partition coefficient (Wildman–Crippen LogP) is 2.33. The van der Waals surface area contributed by atoms with Gasteiger partial charge in [-0.2, -0.15) is 10.1 Å². The standard InChI is InChI=1S/C15H22N2O4/c1-14(2,3)21-13(19)17-8-10-9-20-12(18)15(10)7-5-4-6-11(15)16-17/h10H,4-9H2,1-3H3. The highest BCUT2D eigenvalue weighted by Crippen LogP contribution is 2.48. The van der Waals surface area contributed by atoms with Crippen LogP contribution in [0.15, 0.2) is 5.10 Å². The van der Waals surface area contributed by atoms with Gasteiger partial charge in [0.15, 0.2) is 0 Å². The second-order valence-electron chi connectivity index (χ2n) is 7.08. The number of amides is 1. The predicted molar refractivity (Wildman–Crippen MR) is 75.7 cm³/mol. The summed E-state index contributed by atoms with van der Waals surface area (Å²) in [6.07, 6.45) is 3.11. The van der Waals surface area contributed by atoms with Gasteiger partial charge >= 0.3 is 12.1 Å². The fraction of sp³-hybridized carbons (Fsp3) is 0.800. The second-order valence-corrected chi connectivity index (χ2v) is 7.08. The van der Waals surface area contributed by atoms with Crippen molar-refractivity contribution in [1.29, 1.82) is 0 Å². The molecule has 6 nitrogen and oxygen atoms in total. The van der Waals surface area contributed by atoms with Crippen molar-refractivity contribution in [3.05, 3.63) is 0 Å². The Morgan fingerprint density at radius 3 is 2.90 bits per heavy atom. The zero-order chi connectivity index (χ0) is 15.3. The van der Waals surface area contributed by atoms with E-state index < -0.39 is 17.1 Å². The molecule has 116 valence electrons. The number of carbonyl (C=O) groups excluding carboxylic acids is 2. The highest BCUT2D eigenvalue weighted by molar-refractivity contribution is 6.09. The number of carbonyl (C=O) groups is 2. The zero-order valence-electron chi connectivity index (χ0n) is 12.8. The molecule has 1 aliphatic carbocycles. The first kappa shape index (κ1) is 14.4. The molecule has 0 bridgehead atoms. The first-order chi connectivity index (χ1) is 9.83. The summed E-state index contributed by atoms with van der Waals surface area (Å²) < 4.78 is 10.7. The lowest BCUT2D eigenvalue weighted by atomic mass is 9.65. The minimum Gasteiger partial charge on any atom is -0.465 e. The van der Waals surface area contributed by atoms with E-state index in [0.29, 0.717) is 13.2 Å². The Hall–Kier alpha value is -1.59. The Morgan fingerprint density at radius 1 is 1.43 bits per heavy atom. The van der Waals surface area contributed by atoms with Crippen molar-refractivity contribution < 1.29 is 19.1 Å². The zero-order valence-corrected chi connectivity index (χ0v) is 12.8. The Labute approximate surface area is 124 Å². The average Bonchev–Trinajstić information content (AvgIpc) is 2.72. The van der Waals surface area contributed by atoms with Crippen molar-refractivity contribution in [3.8, 4) is 0 Å². The molecule has 1 amide bonds. The molecule has 2 fully saturated rings. The van der Waals surface area contributed by atoms with Crippen LogP contribution in [0.1, 0.15) is 46.5 Å². The number of hydrazone groups is 1. The summed E-state index contributed by atoms with van der Waals surface area (Å²) in [6.45, 7) is 6.25. The molecule has 3 aliphatic rings. The Balaban J connectivity index is 1.88. The molecule has 2 heterocycles. The van der Waals surface area contributed by atoms with Gasteiger partial charge in [-0.1, -0.05) is 6.42 Å². The van der Waals surface area contributed by atoms with Crippen molar-refractivity contribution in [2.75, 3.05) is 13.2 Å². The fourth-order valence-electron chi connectivity index (χ4n) is 3.51. The minimum atomic E-state index is -0.573. The van der Waals surface area contributed by atoms with Crippen molar-refractivity contribution >= 4 is 17.8 Å². The smallest absolute Gasteiger partial charge is 0.430 e. The van der Waals surface area contributed by atoms with Gasteiger partial charge in [-0.3, -0.25) is 4.79 Å². The van der Waals surface area contributed by atoms with E-state index in [0.717, 1.165) is 31.4 Å². The maximum absolute atomic E-state index is 12.2. The van der Waals surface area contributed by atoms with Crippen LogP contribution in [0, 0.1) is 11.3 Å². The van der Waals surface area contributed by atoms with Gasteiger partial charge in [-0.25, -0.2) is 4.79 Å². The van der Waals surface area contributed by atoms with Crippen LogP contribution in [0.5, 0.6) is 0 Å². The van der Waals surface area contributed by atoms with E-state index in [1.165, 1.54) is 5.01 Å². The van der Waals surface area contributed by atoms with Crippen LogP contribution in [0.4, 0.5) is 4.79 Å². The van der Waals surface area contributed by atoms with Gasteiger partial charge in [0.2, 0.25) is 0 Å². The van der Waals surface area contributed by atoms with E-state index in [9.17, 15) is 9.59 Å². The lowest BCUT2D eigenvalue weighted by Gasteiger charge is -2.41. The van der Waals surface area contributed by atoms with Crippen molar-refractivity contribution in [2.45, 2.75) is 52.1 Å². The number of hydrogen-bond acceptors (Lipinski definition) is 5. The summed E-state index contributed by atoms with van der Waals surface area (Å²) in [5, 5.41) is 5.82. The Bertz CT molecular complexity index is 508. The molecule has 0 aromatic heterocycles. The van der Waals surface area contributed by atoms with E-state index in [1.54, 1.807) is 0 Å². The van der Waals surface area contributed by atoms with Crippen molar-refractivity contribution in [2.24, 2.45) is 16.4 Å². The number of rotatable bonds is 0. The summed E-state index contributed by atoms with van der Waals surface area (Å²) in [7, 11) is 0. The van der Waals surface area contributed by atoms with Crippen LogP contribution >= 0.6 is 0 Å². The minimum absolute atomic E-state index is 0.00492. The lowest BCUT2D eigenvalue weighted by Crippen LogP contribution is -2.53.